The standard InChI is InChI=1S/C14H10BrClO3/c15-12-6-3-10(14(17)18)7-13(12)19-8-9-1-4-11(16)5-2-9/h1-7H,8H2,(H,17,18). The number of carboxylic acid groups (broad SMARTS) is 1. The zero-order chi connectivity index (χ0) is 13.8. The molecule has 5 heteroatoms. The number of carboxylic acids is 1. The summed E-state index contributed by atoms with van der Waals surface area (Å²) < 4.78 is 6.31. The minimum atomic E-state index is -0.983. The van der Waals surface area contributed by atoms with Crippen LogP contribution in [0.4, 0.5) is 0 Å². The summed E-state index contributed by atoms with van der Waals surface area (Å²) in [5, 5.41) is 9.60. The van der Waals surface area contributed by atoms with Gasteiger partial charge in [0.25, 0.3) is 0 Å². The van der Waals surface area contributed by atoms with Crippen molar-refractivity contribution in [2.24, 2.45) is 0 Å². The van der Waals surface area contributed by atoms with Crippen LogP contribution in [-0.4, -0.2) is 11.1 Å². The Kier molecular flexibility index (Phi) is 4.45. The molecule has 0 radical (unpaired) electrons. The minimum Gasteiger partial charge on any atom is -0.488 e. The van der Waals surface area contributed by atoms with E-state index in [1.54, 1.807) is 18.2 Å². The topological polar surface area (TPSA) is 46.5 Å². The van der Waals surface area contributed by atoms with Gasteiger partial charge in [0.05, 0.1) is 10.0 Å². The van der Waals surface area contributed by atoms with Crippen molar-refractivity contribution in [3.05, 3.63) is 63.1 Å². The van der Waals surface area contributed by atoms with Crippen LogP contribution in [0.3, 0.4) is 0 Å². The molecule has 2 rings (SSSR count). The lowest BCUT2D eigenvalue weighted by Gasteiger charge is -2.09. The first-order valence-corrected chi connectivity index (χ1v) is 6.63. The molecular formula is C14H10BrClO3. The lowest BCUT2D eigenvalue weighted by atomic mass is 10.2. The SMILES string of the molecule is O=C(O)c1ccc(Br)c(OCc2ccc(Cl)cc2)c1. The van der Waals surface area contributed by atoms with Gasteiger partial charge in [-0.1, -0.05) is 23.7 Å². The Morgan fingerprint density at radius 2 is 1.89 bits per heavy atom. The molecule has 3 nitrogen and oxygen atoms in total. The van der Waals surface area contributed by atoms with Crippen LogP contribution in [0.2, 0.25) is 5.02 Å². The molecule has 0 aliphatic carbocycles. The Morgan fingerprint density at radius 1 is 1.21 bits per heavy atom. The van der Waals surface area contributed by atoms with Gasteiger partial charge in [-0.2, -0.15) is 0 Å². The molecule has 0 amide bonds. The first kappa shape index (κ1) is 13.9. The van der Waals surface area contributed by atoms with E-state index in [1.807, 2.05) is 12.1 Å². The van der Waals surface area contributed by atoms with Crippen molar-refractivity contribution in [1.29, 1.82) is 0 Å². The second-order valence-electron chi connectivity index (χ2n) is 3.87. The maximum absolute atomic E-state index is 10.9. The highest BCUT2D eigenvalue weighted by molar-refractivity contribution is 9.10. The first-order chi connectivity index (χ1) is 9.06. The number of hydrogen-bond acceptors (Lipinski definition) is 2. The van der Waals surface area contributed by atoms with Crippen molar-refractivity contribution >= 4 is 33.5 Å². The summed E-state index contributed by atoms with van der Waals surface area (Å²) in [7, 11) is 0. The van der Waals surface area contributed by atoms with E-state index in [0.717, 1.165) is 5.56 Å². The third kappa shape index (κ3) is 3.72. The van der Waals surface area contributed by atoms with Gasteiger partial charge in [0.15, 0.2) is 0 Å². The van der Waals surface area contributed by atoms with E-state index in [2.05, 4.69) is 15.9 Å². The van der Waals surface area contributed by atoms with E-state index in [4.69, 9.17) is 21.4 Å². The van der Waals surface area contributed by atoms with Gasteiger partial charge in [0.1, 0.15) is 12.4 Å². The lowest BCUT2D eigenvalue weighted by molar-refractivity contribution is 0.0696. The third-order valence-corrected chi connectivity index (χ3v) is 3.39. The first-order valence-electron chi connectivity index (χ1n) is 5.46. The summed E-state index contributed by atoms with van der Waals surface area (Å²) in [5.74, 6) is -0.487. The number of aromatic carboxylic acids is 1. The van der Waals surface area contributed by atoms with Crippen LogP contribution in [0, 0.1) is 0 Å². The summed E-state index contributed by atoms with van der Waals surface area (Å²) in [6, 6.07) is 11.9. The number of hydrogen-bond donors (Lipinski definition) is 1. The van der Waals surface area contributed by atoms with Crippen LogP contribution >= 0.6 is 27.5 Å². The van der Waals surface area contributed by atoms with E-state index in [9.17, 15) is 4.79 Å². The third-order valence-electron chi connectivity index (χ3n) is 2.49. The van der Waals surface area contributed by atoms with Crippen molar-refractivity contribution in [2.45, 2.75) is 6.61 Å². The molecule has 0 fully saturated rings. The number of halogens is 2. The molecule has 0 spiro atoms. The largest absolute Gasteiger partial charge is 0.488 e. The summed E-state index contributed by atoms with van der Waals surface area (Å²) in [5.41, 5.74) is 1.14. The molecular weight excluding hydrogens is 332 g/mol. The average Bonchev–Trinajstić information content (AvgIpc) is 2.39. The monoisotopic (exact) mass is 340 g/mol. The second-order valence-corrected chi connectivity index (χ2v) is 5.16. The maximum Gasteiger partial charge on any atom is 0.335 e. The number of rotatable bonds is 4. The number of benzene rings is 2. The molecule has 0 unspecified atom stereocenters. The highest BCUT2D eigenvalue weighted by Crippen LogP contribution is 2.27. The molecule has 0 heterocycles. The Bertz CT molecular complexity index is 596. The molecule has 0 aliphatic rings. The predicted molar refractivity (Wildman–Crippen MR) is 76.9 cm³/mol. The van der Waals surface area contributed by atoms with Crippen molar-refractivity contribution in [3.8, 4) is 5.75 Å². The fourth-order valence-corrected chi connectivity index (χ4v) is 1.98. The van der Waals surface area contributed by atoms with Crippen LogP contribution in [-0.2, 0) is 6.61 Å². The molecule has 0 saturated carbocycles. The summed E-state index contributed by atoms with van der Waals surface area (Å²) in [6.45, 7) is 0.346. The van der Waals surface area contributed by atoms with Crippen LogP contribution in [0.15, 0.2) is 46.9 Å². The smallest absolute Gasteiger partial charge is 0.335 e. The van der Waals surface area contributed by atoms with Gasteiger partial charge in [0.2, 0.25) is 0 Å². The Balaban J connectivity index is 2.12. The van der Waals surface area contributed by atoms with Gasteiger partial charge in [0, 0.05) is 5.02 Å². The maximum atomic E-state index is 10.9. The predicted octanol–water partition coefficient (Wildman–Crippen LogP) is 4.38. The van der Waals surface area contributed by atoms with Crippen LogP contribution in [0.1, 0.15) is 15.9 Å². The molecule has 2 aromatic carbocycles. The molecule has 2 aromatic rings. The van der Waals surface area contributed by atoms with Crippen molar-refractivity contribution in [3.63, 3.8) is 0 Å². The Labute approximate surface area is 123 Å². The average molecular weight is 342 g/mol. The zero-order valence-corrected chi connectivity index (χ0v) is 12.1. The quantitative estimate of drug-likeness (QED) is 0.897. The summed E-state index contributed by atoms with van der Waals surface area (Å²) >= 11 is 9.12. The molecule has 98 valence electrons. The van der Waals surface area contributed by atoms with Crippen LogP contribution < -0.4 is 4.74 Å². The summed E-state index contributed by atoms with van der Waals surface area (Å²) in [4.78, 5) is 10.9. The number of carbonyl (C=O) groups is 1. The van der Waals surface area contributed by atoms with E-state index in [0.29, 0.717) is 21.9 Å². The minimum absolute atomic E-state index is 0.189. The number of ether oxygens (including phenoxy) is 1. The fourth-order valence-electron chi connectivity index (χ4n) is 1.49. The van der Waals surface area contributed by atoms with Gasteiger partial charge in [-0.05, 0) is 51.8 Å². The van der Waals surface area contributed by atoms with E-state index >= 15 is 0 Å². The van der Waals surface area contributed by atoms with Crippen molar-refractivity contribution in [2.75, 3.05) is 0 Å². The van der Waals surface area contributed by atoms with Crippen molar-refractivity contribution < 1.29 is 14.6 Å². The van der Waals surface area contributed by atoms with E-state index in [1.165, 1.54) is 12.1 Å². The van der Waals surface area contributed by atoms with Gasteiger partial charge in [-0.25, -0.2) is 4.79 Å². The highest BCUT2D eigenvalue weighted by Gasteiger charge is 2.08. The van der Waals surface area contributed by atoms with Crippen LogP contribution in [0.5, 0.6) is 5.75 Å². The molecule has 19 heavy (non-hydrogen) atoms. The van der Waals surface area contributed by atoms with Gasteiger partial charge in [-0.15, -0.1) is 0 Å². The summed E-state index contributed by atoms with van der Waals surface area (Å²) in [6.07, 6.45) is 0. The second kappa shape index (κ2) is 6.08. The van der Waals surface area contributed by atoms with Crippen molar-refractivity contribution in [1.82, 2.24) is 0 Å². The normalized spacial score (nSPS) is 10.2. The molecule has 0 bridgehead atoms. The van der Waals surface area contributed by atoms with Gasteiger partial charge in [-0.3, -0.25) is 0 Å². The molecule has 0 atom stereocenters. The Morgan fingerprint density at radius 3 is 2.53 bits per heavy atom. The van der Waals surface area contributed by atoms with E-state index in [-0.39, 0.29) is 5.56 Å². The Hall–Kier alpha value is -1.52. The molecule has 0 aliphatic heterocycles. The van der Waals surface area contributed by atoms with Crippen LogP contribution in [0.25, 0.3) is 0 Å². The molecule has 1 N–H and O–H groups in total. The molecule has 0 saturated heterocycles. The molecule has 0 aromatic heterocycles. The highest BCUT2D eigenvalue weighted by atomic mass is 79.9. The van der Waals surface area contributed by atoms with Gasteiger partial charge < -0.3 is 9.84 Å². The van der Waals surface area contributed by atoms with E-state index < -0.39 is 5.97 Å². The lowest BCUT2D eigenvalue weighted by Crippen LogP contribution is -2.00. The zero-order valence-electron chi connectivity index (χ0n) is 9.77. The van der Waals surface area contributed by atoms with Gasteiger partial charge >= 0.3 is 5.97 Å². The fraction of sp³-hybridized carbons (Fsp3) is 0.0714.